The van der Waals surface area contributed by atoms with Crippen molar-refractivity contribution in [2.75, 3.05) is 12.9 Å². The molecule has 8 heteroatoms. The van der Waals surface area contributed by atoms with Gasteiger partial charge in [0.15, 0.2) is 9.84 Å². The smallest absolute Gasteiger partial charge is 0.395 e. The fraction of sp³-hybridized carbons (Fsp3) is 0.429. The Morgan fingerprint density at radius 3 is 1.83 bits per heavy atom. The van der Waals surface area contributed by atoms with Gasteiger partial charge in [0.25, 0.3) is 0 Å². The summed E-state index contributed by atoms with van der Waals surface area (Å²) in [6, 6.07) is 9.56. The minimum atomic E-state index is -4.51. The van der Waals surface area contributed by atoms with Crippen molar-refractivity contribution >= 4 is 9.84 Å². The Morgan fingerprint density at radius 2 is 1.45 bits per heavy atom. The van der Waals surface area contributed by atoms with Crippen LogP contribution in [0.3, 0.4) is 0 Å². The molecule has 0 saturated heterocycles. The molecule has 2 atom stereocenters. The summed E-state index contributed by atoms with van der Waals surface area (Å²) in [6.45, 7) is 3.39. The SMILES string of the molecule is CC(C)C[C@@H](CO)NC(c1ccc(-c2ccc(S(C)(=O)=O)cc2)cc1)C(F)(F)F. The topological polar surface area (TPSA) is 66.4 Å². The number of halogens is 3. The van der Waals surface area contributed by atoms with E-state index in [4.69, 9.17) is 0 Å². The van der Waals surface area contributed by atoms with Gasteiger partial charge in [-0.3, -0.25) is 5.32 Å². The molecule has 29 heavy (non-hydrogen) atoms. The van der Waals surface area contributed by atoms with Crippen LogP contribution in [-0.4, -0.2) is 38.6 Å². The van der Waals surface area contributed by atoms with E-state index in [-0.39, 0.29) is 23.0 Å². The highest BCUT2D eigenvalue weighted by molar-refractivity contribution is 7.90. The van der Waals surface area contributed by atoms with E-state index in [1.54, 1.807) is 24.3 Å². The Labute approximate surface area is 169 Å². The fourth-order valence-electron chi connectivity index (χ4n) is 3.14. The molecule has 160 valence electrons. The third-order valence-electron chi connectivity index (χ3n) is 4.57. The summed E-state index contributed by atoms with van der Waals surface area (Å²) in [5, 5.41) is 12.0. The first kappa shape index (κ1) is 23.4. The molecule has 0 aliphatic carbocycles. The summed E-state index contributed by atoms with van der Waals surface area (Å²) >= 11 is 0. The monoisotopic (exact) mass is 429 g/mol. The highest BCUT2D eigenvalue weighted by Crippen LogP contribution is 2.34. The van der Waals surface area contributed by atoms with Crippen molar-refractivity contribution in [3.63, 3.8) is 0 Å². The first-order chi connectivity index (χ1) is 13.4. The Balaban J connectivity index is 2.27. The molecule has 0 radical (unpaired) electrons. The Kier molecular flexibility index (Phi) is 7.48. The molecule has 0 amide bonds. The number of hydrogen-bond acceptors (Lipinski definition) is 4. The predicted molar refractivity (Wildman–Crippen MR) is 107 cm³/mol. The molecule has 2 aromatic rings. The van der Waals surface area contributed by atoms with Gasteiger partial charge in [0.05, 0.1) is 11.5 Å². The number of hydrogen-bond donors (Lipinski definition) is 2. The van der Waals surface area contributed by atoms with E-state index < -0.39 is 28.1 Å². The summed E-state index contributed by atoms with van der Waals surface area (Å²) in [4.78, 5) is 0.180. The maximum Gasteiger partial charge on any atom is 0.407 e. The number of sulfone groups is 1. The molecule has 0 spiro atoms. The lowest BCUT2D eigenvalue weighted by molar-refractivity contribution is -0.160. The number of benzene rings is 2. The molecular formula is C21H26F3NO3S. The zero-order valence-electron chi connectivity index (χ0n) is 16.6. The van der Waals surface area contributed by atoms with E-state index in [1.165, 1.54) is 24.3 Å². The van der Waals surface area contributed by atoms with Crippen LogP contribution in [0.2, 0.25) is 0 Å². The zero-order valence-corrected chi connectivity index (χ0v) is 17.4. The summed E-state index contributed by atoms with van der Waals surface area (Å²) in [5.74, 6) is 0.144. The van der Waals surface area contributed by atoms with Crippen molar-refractivity contribution in [1.29, 1.82) is 0 Å². The Hall–Kier alpha value is -1.90. The van der Waals surface area contributed by atoms with Crippen LogP contribution in [0, 0.1) is 5.92 Å². The average Bonchev–Trinajstić information content (AvgIpc) is 2.63. The lowest BCUT2D eigenvalue weighted by atomic mass is 9.98. The maximum absolute atomic E-state index is 13.6. The van der Waals surface area contributed by atoms with Gasteiger partial charge < -0.3 is 5.11 Å². The molecule has 0 saturated carbocycles. The van der Waals surface area contributed by atoms with Crippen molar-refractivity contribution in [3.05, 3.63) is 54.1 Å². The summed E-state index contributed by atoms with van der Waals surface area (Å²) in [5.41, 5.74) is 1.43. The number of rotatable bonds is 8. The van der Waals surface area contributed by atoms with Crippen LogP contribution in [0.5, 0.6) is 0 Å². The van der Waals surface area contributed by atoms with Gasteiger partial charge in [-0.25, -0.2) is 8.42 Å². The molecule has 0 aliphatic heterocycles. The van der Waals surface area contributed by atoms with Crippen LogP contribution in [0.4, 0.5) is 13.2 Å². The molecule has 0 heterocycles. The van der Waals surface area contributed by atoms with Gasteiger partial charge in [0.1, 0.15) is 6.04 Å². The first-order valence-corrected chi connectivity index (χ1v) is 11.1. The van der Waals surface area contributed by atoms with E-state index in [9.17, 15) is 26.7 Å². The van der Waals surface area contributed by atoms with Gasteiger partial charge in [-0.05, 0) is 41.2 Å². The predicted octanol–water partition coefficient (Wildman–Crippen LogP) is 4.36. The highest BCUT2D eigenvalue weighted by atomic mass is 32.2. The van der Waals surface area contributed by atoms with E-state index >= 15 is 0 Å². The second-order valence-electron chi connectivity index (χ2n) is 7.57. The van der Waals surface area contributed by atoms with Crippen molar-refractivity contribution < 1.29 is 26.7 Å². The summed E-state index contributed by atoms with van der Waals surface area (Å²) in [6.07, 6.45) is -2.98. The molecule has 2 N–H and O–H groups in total. The maximum atomic E-state index is 13.6. The van der Waals surface area contributed by atoms with Crippen molar-refractivity contribution in [2.45, 2.75) is 43.4 Å². The lowest BCUT2D eigenvalue weighted by Crippen LogP contribution is -2.43. The summed E-state index contributed by atoms with van der Waals surface area (Å²) in [7, 11) is -3.31. The quantitative estimate of drug-likeness (QED) is 0.655. The average molecular weight is 430 g/mol. The molecule has 4 nitrogen and oxygen atoms in total. The molecule has 0 bridgehead atoms. The Bertz CT molecular complexity index is 892. The van der Waals surface area contributed by atoms with Gasteiger partial charge >= 0.3 is 6.18 Å². The highest BCUT2D eigenvalue weighted by Gasteiger charge is 2.41. The van der Waals surface area contributed by atoms with Crippen LogP contribution in [0.15, 0.2) is 53.4 Å². The Morgan fingerprint density at radius 1 is 0.966 bits per heavy atom. The van der Waals surface area contributed by atoms with Gasteiger partial charge in [-0.1, -0.05) is 50.2 Å². The second kappa shape index (κ2) is 9.28. The lowest BCUT2D eigenvalue weighted by Gasteiger charge is -2.28. The first-order valence-electron chi connectivity index (χ1n) is 9.26. The standard InChI is InChI=1S/C21H26F3NO3S/c1-14(2)12-18(13-26)25-20(21(22,23)24)17-6-4-15(5-7-17)16-8-10-19(11-9-16)29(3,27)28/h4-11,14,18,20,25-26H,12-13H2,1-3H3/t18-,20?/m0/s1. The number of aliphatic hydroxyl groups excluding tert-OH is 1. The van der Waals surface area contributed by atoms with Gasteiger partial charge in [0.2, 0.25) is 0 Å². The van der Waals surface area contributed by atoms with Crippen molar-refractivity contribution in [3.8, 4) is 11.1 Å². The van der Waals surface area contributed by atoms with E-state index in [2.05, 4.69) is 5.32 Å². The second-order valence-corrected chi connectivity index (χ2v) is 9.58. The van der Waals surface area contributed by atoms with Crippen molar-refractivity contribution in [1.82, 2.24) is 5.32 Å². The van der Waals surface area contributed by atoms with E-state index in [1.807, 2.05) is 13.8 Å². The largest absolute Gasteiger partial charge is 0.407 e. The third-order valence-corrected chi connectivity index (χ3v) is 5.69. The van der Waals surface area contributed by atoms with Gasteiger partial charge in [0, 0.05) is 12.3 Å². The molecule has 2 aromatic carbocycles. The summed E-state index contributed by atoms with van der Waals surface area (Å²) < 4.78 is 63.9. The molecule has 1 unspecified atom stereocenters. The van der Waals surface area contributed by atoms with Crippen LogP contribution in [0.1, 0.15) is 31.9 Å². The van der Waals surface area contributed by atoms with Crippen molar-refractivity contribution in [2.24, 2.45) is 5.92 Å². The number of nitrogens with one attached hydrogen (secondary N) is 1. The number of aliphatic hydroxyl groups is 1. The van der Waals surface area contributed by atoms with Crippen LogP contribution in [-0.2, 0) is 9.84 Å². The fourth-order valence-corrected chi connectivity index (χ4v) is 3.77. The van der Waals surface area contributed by atoms with Crippen LogP contribution < -0.4 is 5.32 Å². The van der Waals surface area contributed by atoms with Crippen LogP contribution in [0.25, 0.3) is 11.1 Å². The number of alkyl halides is 3. The normalized spacial score (nSPS) is 14.8. The molecule has 2 rings (SSSR count). The molecule has 0 fully saturated rings. The molecule has 0 aliphatic rings. The van der Waals surface area contributed by atoms with Gasteiger partial charge in [-0.15, -0.1) is 0 Å². The third kappa shape index (κ3) is 6.55. The van der Waals surface area contributed by atoms with E-state index in [0.29, 0.717) is 17.5 Å². The molecule has 0 aromatic heterocycles. The molecular weight excluding hydrogens is 403 g/mol. The van der Waals surface area contributed by atoms with Gasteiger partial charge in [-0.2, -0.15) is 13.2 Å². The zero-order chi connectivity index (χ0) is 21.8. The van der Waals surface area contributed by atoms with Crippen LogP contribution >= 0.6 is 0 Å². The van der Waals surface area contributed by atoms with E-state index in [0.717, 1.165) is 6.26 Å². The minimum Gasteiger partial charge on any atom is -0.395 e. The minimum absolute atomic E-state index is 0.0520.